The number of aromatic nitrogens is 1. The summed E-state index contributed by atoms with van der Waals surface area (Å²) >= 11 is 1.49. The quantitative estimate of drug-likeness (QED) is 0.893. The third kappa shape index (κ3) is 4.09. The number of rotatable bonds is 6. The maximum Gasteiger partial charge on any atom is 0.227 e. The zero-order valence-electron chi connectivity index (χ0n) is 11.9. The maximum atomic E-state index is 13.6. The molecule has 0 radical (unpaired) electrons. The van der Waals surface area contributed by atoms with Crippen molar-refractivity contribution < 1.29 is 13.9 Å². The number of hydrogen-bond acceptors (Lipinski definition) is 4. The van der Waals surface area contributed by atoms with E-state index in [1.807, 2.05) is 5.38 Å². The number of ether oxygens (including phenoxy) is 1. The van der Waals surface area contributed by atoms with E-state index in [-0.39, 0.29) is 11.7 Å². The van der Waals surface area contributed by atoms with E-state index in [9.17, 15) is 9.18 Å². The van der Waals surface area contributed by atoms with Crippen LogP contribution in [0.15, 0.2) is 29.6 Å². The van der Waals surface area contributed by atoms with Crippen LogP contribution >= 0.6 is 11.3 Å². The highest BCUT2D eigenvalue weighted by atomic mass is 32.1. The lowest BCUT2D eigenvalue weighted by molar-refractivity contribution is -0.122. The molecule has 0 aliphatic carbocycles. The fourth-order valence-corrected chi connectivity index (χ4v) is 2.68. The number of nitrogens with one attached hydrogen (secondary N) is 1. The van der Waals surface area contributed by atoms with Gasteiger partial charge in [-0.05, 0) is 18.6 Å². The third-order valence-corrected chi connectivity index (χ3v) is 3.95. The average molecular weight is 308 g/mol. The molecule has 1 atom stereocenters. The summed E-state index contributed by atoms with van der Waals surface area (Å²) < 4.78 is 18.6. The number of benzene rings is 1. The number of hydrogen-bond donors (Lipinski definition) is 1. The van der Waals surface area contributed by atoms with E-state index >= 15 is 0 Å². The van der Waals surface area contributed by atoms with Crippen LogP contribution in [0, 0.1) is 5.82 Å². The molecule has 6 heteroatoms. The van der Waals surface area contributed by atoms with Gasteiger partial charge in [0.1, 0.15) is 10.8 Å². The van der Waals surface area contributed by atoms with Crippen molar-refractivity contribution in [1.29, 1.82) is 0 Å². The van der Waals surface area contributed by atoms with Crippen molar-refractivity contribution in [3.05, 3.63) is 51.7 Å². The van der Waals surface area contributed by atoms with Gasteiger partial charge in [0.25, 0.3) is 0 Å². The Balaban J connectivity index is 1.93. The highest BCUT2D eigenvalue weighted by Crippen LogP contribution is 2.19. The molecule has 0 bridgehead atoms. The summed E-state index contributed by atoms with van der Waals surface area (Å²) in [5.74, 6) is -1.12. The zero-order valence-corrected chi connectivity index (χ0v) is 12.7. The molecule has 112 valence electrons. The topological polar surface area (TPSA) is 51.2 Å². The first-order valence-electron chi connectivity index (χ1n) is 6.56. The molecule has 1 N–H and O–H groups in total. The Morgan fingerprint density at radius 1 is 1.48 bits per heavy atom. The fraction of sp³-hybridized carbons (Fsp3) is 0.333. The predicted molar refractivity (Wildman–Crippen MR) is 79.5 cm³/mol. The summed E-state index contributed by atoms with van der Waals surface area (Å²) in [6.45, 7) is 2.48. The molecular formula is C15H17FN2O2S. The van der Waals surface area contributed by atoms with E-state index in [1.54, 1.807) is 32.2 Å². The van der Waals surface area contributed by atoms with E-state index in [2.05, 4.69) is 10.3 Å². The summed E-state index contributed by atoms with van der Waals surface area (Å²) in [4.78, 5) is 16.4. The van der Waals surface area contributed by atoms with Gasteiger partial charge in [-0.3, -0.25) is 4.79 Å². The molecule has 1 amide bonds. The van der Waals surface area contributed by atoms with Gasteiger partial charge in [-0.1, -0.05) is 18.2 Å². The Morgan fingerprint density at radius 3 is 2.95 bits per heavy atom. The summed E-state index contributed by atoms with van der Waals surface area (Å²) in [6.07, 6.45) is 0. The second-order valence-electron chi connectivity index (χ2n) is 4.63. The maximum absolute atomic E-state index is 13.6. The molecule has 1 unspecified atom stereocenters. The number of nitrogens with zero attached hydrogens (tertiary/aromatic N) is 1. The Kier molecular flexibility index (Phi) is 5.41. The number of carbonyl (C=O) groups excluding carboxylic acids is 1. The first kappa shape index (κ1) is 15.6. The van der Waals surface area contributed by atoms with Crippen LogP contribution in [0.25, 0.3) is 0 Å². The summed E-state index contributed by atoms with van der Waals surface area (Å²) in [7, 11) is 1.61. The van der Waals surface area contributed by atoms with E-state index in [4.69, 9.17) is 4.74 Å². The molecule has 0 fully saturated rings. The number of halogens is 1. The lowest BCUT2D eigenvalue weighted by Gasteiger charge is -2.12. The Labute approximate surface area is 127 Å². The summed E-state index contributed by atoms with van der Waals surface area (Å²) in [6, 6.07) is 6.31. The number of thiazole rings is 1. The Hall–Kier alpha value is -1.79. The molecule has 21 heavy (non-hydrogen) atoms. The Bertz CT molecular complexity index is 615. The molecule has 4 nitrogen and oxygen atoms in total. The van der Waals surface area contributed by atoms with Crippen molar-refractivity contribution in [3.63, 3.8) is 0 Å². The van der Waals surface area contributed by atoms with Crippen molar-refractivity contribution in [3.8, 4) is 0 Å². The van der Waals surface area contributed by atoms with Gasteiger partial charge in [0.05, 0.1) is 24.8 Å². The monoisotopic (exact) mass is 308 g/mol. The number of carbonyl (C=O) groups is 1. The van der Waals surface area contributed by atoms with Crippen LogP contribution in [-0.4, -0.2) is 18.0 Å². The van der Waals surface area contributed by atoms with Crippen molar-refractivity contribution in [2.24, 2.45) is 0 Å². The van der Waals surface area contributed by atoms with E-state index in [0.717, 1.165) is 10.7 Å². The molecule has 0 aliphatic rings. The molecule has 2 rings (SSSR count). The minimum absolute atomic E-state index is 0.221. The minimum Gasteiger partial charge on any atom is -0.378 e. The van der Waals surface area contributed by atoms with Gasteiger partial charge in [-0.25, -0.2) is 9.37 Å². The van der Waals surface area contributed by atoms with E-state index < -0.39 is 5.92 Å². The summed E-state index contributed by atoms with van der Waals surface area (Å²) in [5.41, 5.74) is 1.18. The largest absolute Gasteiger partial charge is 0.378 e. The number of methoxy groups -OCH3 is 1. The molecule has 1 heterocycles. The van der Waals surface area contributed by atoms with E-state index in [1.165, 1.54) is 17.4 Å². The van der Waals surface area contributed by atoms with Crippen molar-refractivity contribution in [2.75, 3.05) is 7.11 Å². The van der Waals surface area contributed by atoms with E-state index in [0.29, 0.717) is 18.7 Å². The molecular weight excluding hydrogens is 291 g/mol. The van der Waals surface area contributed by atoms with Gasteiger partial charge in [-0.15, -0.1) is 11.3 Å². The van der Waals surface area contributed by atoms with Crippen LogP contribution in [-0.2, 0) is 22.7 Å². The van der Waals surface area contributed by atoms with Gasteiger partial charge < -0.3 is 10.1 Å². The molecule has 0 saturated heterocycles. The van der Waals surface area contributed by atoms with Crippen LogP contribution in [0.3, 0.4) is 0 Å². The van der Waals surface area contributed by atoms with Gasteiger partial charge in [0.2, 0.25) is 5.91 Å². The van der Waals surface area contributed by atoms with Crippen LogP contribution < -0.4 is 5.32 Å². The van der Waals surface area contributed by atoms with Crippen molar-refractivity contribution >= 4 is 17.2 Å². The number of amides is 1. The van der Waals surface area contributed by atoms with Crippen LogP contribution in [0.2, 0.25) is 0 Å². The highest BCUT2D eigenvalue weighted by molar-refractivity contribution is 7.09. The predicted octanol–water partition coefficient (Wildman–Crippen LogP) is 2.85. The molecule has 1 aromatic carbocycles. The van der Waals surface area contributed by atoms with Crippen LogP contribution in [0.5, 0.6) is 0 Å². The van der Waals surface area contributed by atoms with Gasteiger partial charge in [-0.2, -0.15) is 0 Å². The molecule has 0 spiro atoms. The van der Waals surface area contributed by atoms with Crippen LogP contribution in [0.4, 0.5) is 4.39 Å². The van der Waals surface area contributed by atoms with Crippen molar-refractivity contribution in [2.45, 2.75) is 26.0 Å². The van der Waals surface area contributed by atoms with Gasteiger partial charge in [0.15, 0.2) is 0 Å². The van der Waals surface area contributed by atoms with Gasteiger partial charge in [0, 0.05) is 12.5 Å². The summed E-state index contributed by atoms with van der Waals surface area (Å²) in [5, 5.41) is 5.52. The molecule has 0 saturated carbocycles. The van der Waals surface area contributed by atoms with Crippen molar-refractivity contribution in [1.82, 2.24) is 10.3 Å². The average Bonchev–Trinajstić information content (AvgIpc) is 2.93. The first-order chi connectivity index (χ1) is 10.1. The lowest BCUT2D eigenvalue weighted by atomic mass is 10.00. The zero-order chi connectivity index (χ0) is 15.2. The SMILES string of the molecule is COCc1nc(CNC(=O)C(C)c2ccccc2F)cs1. The molecule has 0 aliphatic heterocycles. The smallest absolute Gasteiger partial charge is 0.227 e. The Morgan fingerprint density at radius 2 is 2.24 bits per heavy atom. The molecule has 1 aromatic heterocycles. The lowest BCUT2D eigenvalue weighted by Crippen LogP contribution is -2.28. The standard InChI is InChI=1S/C15H17FN2O2S/c1-10(12-5-3-4-6-13(12)16)15(19)17-7-11-9-21-14(18-11)8-20-2/h3-6,9-10H,7-8H2,1-2H3,(H,17,19). The van der Waals surface area contributed by atoms with Gasteiger partial charge >= 0.3 is 0 Å². The minimum atomic E-state index is -0.539. The fourth-order valence-electron chi connectivity index (χ4n) is 1.92. The second kappa shape index (κ2) is 7.28. The highest BCUT2D eigenvalue weighted by Gasteiger charge is 2.18. The molecule has 2 aromatic rings. The first-order valence-corrected chi connectivity index (χ1v) is 7.44. The normalized spacial score (nSPS) is 12.1. The third-order valence-electron chi connectivity index (χ3n) is 3.08. The van der Waals surface area contributed by atoms with Crippen LogP contribution in [0.1, 0.15) is 29.1 Å². The second-order valence-corrected chi connectivity index (χ2v) is 5.57.